The normalized spacial score (nSPS) is 14.7. The van der Waals surface area contributed by atoms with Crippen molar-refractivity contribution in [1.29, 1.82) is 0 Å². The van der Waals surface area contributed by atoms with E-state index in [0.29, 0.717) is 32.3 Å². The van der Waals surface area contributed by atoms with Gasteiger partial charge in [-0.2, -0.15) is 0 Å². The van der Waals surface area contributed by atoms with Gasteiger partial charge in [-0.05, 0) is 53.8 Å². The van der Waals surface area contributed by atoms with Crippen molar-refractivity contribution in [2.45, 2.75) is 32.7 Å². The van der Waals surface area contributed by atoms with E-state index in [1.807, 2.05) is 97.1 Å². The summed E-state index contributed by atoms with van der Waals surface area (Å²) in [7, 11) is 1.64. The maximum atomic E-state index is 14.6. The first-order valence-electron chi connectivity index (χ1n) is 16.0. The zero-order chi connectivity index (χ0) is 33.4. The molecule has 6 aromatic rings. The number of carbonyl (C=O) groups is 1. The highest BCUT2D eigenvalue weighted by atomic mass is 32.1. The molecule has 0 unspecified atom stereocenters. The van der Waals surface area contributed by atoms with Crippen LogP contribution in [-0.4, -0.2) is 29.2 Å². The lowest BCUT2D eigenvalue weighted by Gasteiger charge is -2.26. The van der Waals surface area contributed by atoms with Gasteiger partial charge in [-0.3, -0.25) is 9.36 Å². The molecule has 0 spiro atoms. The molecule has 7 rings (SSSR count). The van der Waals surface area contributed by atoms with Crippen molar-refractivity contribution in [2.24, 2.45) is 4.99 Å². The van der Waals surface area contributed by atoms with Crippen LogP contribution in [0.2, 0.25) is 0 Å². The van der Waals surface area contributed by atoms with Gasteiger partial charge in [0.25, 0.3) is 5.56 Å². The highest BCUT2D eigenvalue weighted by Gasteiger charge is 2.35. The van der Waals surface area contributed by atoms with Crippen LogP contribution >= 0.6 is 11.3 Å². The summed E-state index contributed by atoms with van der Waals surface area (Å²) in [5.74, 6) is 0.547. The number of aromatic amines is 1. The Kier molecular flexibility index (Phi) is 8.41. The first-order valence-corrected chi connectivity index (χ1v) is 16.8. The first-order chi connectivity index (χ1) is 23.4. The molecule has 0 amide bonds. The Bertz CT molecular complexity index is 2350. The summed E-state index contributed by atoms with van der Waals surface area (Å²) in [4.78, 5) is 37.6. The standard InChI is InChI=1S/C40H35N3O4S/c1-5-47-39(45)34-36(27-14-10-7-11-15-27)42-40-43(37(34)28-18-16-25(17-19-28)24(2)3)38(44)33(48-40)23-31-30-22-29(46-4)20-21-32(30)41-35(31)26-12-8-6-9-13-26/h6-24,37,41H,5H2,1-4H3/b33-23-/t37-/m1/s1. The number of carbonyl (C=O) groups excluding carboxylic acids is 1. The molecule has 7 nitrogen and oxygen atoms in total. The van der Waals surface area contributed by atoms with Gasteiger partial charge in [-0.25, -0.2) is 9.79 Å². The number of nitrogens with zero attached hydrogens (tertiary/aromatic N) is 2. The van der Waals surface area contributed by atoms with E-state index in [4.69, 9.17) is 14.5 Å². The fraction of sp³-hybridized carbons (Fsp3) is 0.175. The van der Waals surface area contributed by atoms with Gasteiger partial charge in [-0.15, -0.1) is 0 Å². The minimum atomic E-state index is -0.740. The van der Waals surface area contributed by atoms with Crippen LogP contribution in [0.15, 0.2) is 118 Å². The second kappa shape index (κ2) is 13.0. The molecule has 0 saturated heterocycles. The number of aromatic nitrogens is 2. The van der Waals surface area contributed by atoms with E-state index >= 15 is 0 Å². The Morgan fingerprint density at radius 3 is 2.29 bits per heavy atom. The number of thiazole rings is 1. The predicted molar refractivity (Wildman–Crippen MR) is 192 cm³/mol. The maximum absolute atomic E-state index is 14.6. The van der Waals surface area contributed by atoms with E-state index in [9.17, 15) is 9.59 Å². The van der Waals surface area contributed by atoms with Gasteiger partial charge in [0.15, 0.2) is 4.80 Å². The Labute approximate surface area is 282 Å². The molecular weight excluding hydrogens is 619 g/mol. The van der Waals surface area contributed by atoms with Crippen LogP contribution in [-0.2, 0) is 9.53 Å². The van der Waals surface area contributed by atoms with Crippen LogP contribution in [0.25, 0.3) is 33.9 Å². The summed E-state index contributed by atoms with van der Waals surface area (Å²) < 4.78 is 13.4. The largest absolute Gasteiger partial charge is 0.497 e. The van der Waals surface area contributed by atoms with E-state index in [1.165, 1.54) is 16.9 Å². The second-order valence-electron chi connectivity index (χ2n) is 11.9. The van der Waals surface area contributed by atoms with Gasteiger partial charge >= 0.3 is 5.97 Å². The molecule has 48 heavy (non-hydrogen) atoms. The van der Waals surface area contributed by atoms with E-state index in [-0.39, 0.29) is 12.2 Å². The Morgan fingerprint density at radius 2 is 1.65 bits per heavy atom. The maximum Gasteiger partial charge on any atom is 0.338 e. The minimum Gasteiger partial charge on any atom is -0.497 e. The highest BCUT2D eigenvalue weighted by molar-refractivity contribution is 7.07. The SMILES string of the molecule is CCOC(=O)C1=C(c2ccccc2)N=c2s/c(=C\c3c(-c4ccccc4)[nH]c4ccc(OC)cc34)c(=O)n2[C@@H]1c1ccc(C(C)C)cc1. The van der Waals surface area contributed by atoms with Crippen LogP contribution in [0.5, 0.6) is 5.75 Å². The monoisotopic (exact) mass is 653 g/mol. The van der Waals surface area contributed by atoms with Crippen molar-refractivity contribution in [3.05, 3.63) is 151 Å². The number of ether oxygens (including phenoxy) is 2. The molecule has 1 aliphatic rings. The number of rotatable bonds is 8. The zero-order valence-corrected chi connectivity index (χ0v) is 28.0. The number of nitrogens with one attached hydrogen (secondary N) is 1. The second-order valence-corrected chi connectivity index (χ2v) is 13.0. The fourth-order valence-corrected chi connectivity index (χ4v) is 7.23. The fourth-order valence-electron chi connectivity index (χ4n) is 6.25. The van der Waals surface area contributed by atoms with Gasteiger partial charge in [0.2, 0.25) is 0 Å². The highest BCUT2D eigenvalue weighted by Crippen LogP contribution is 2.36. The van der Waals surface area contributed by atoms with Crippen LogP contribution < -0.4 is 19.6 Å². The summed E-state index contributed by atoms with van der Waals surface area (Å²) in [6.07, 6.45) is 1.93. The molecule has 3 heterocycles. The average Bonchev–Trinajstić information content (AvgIpc) is 3.64. The van der Waals surface area contributed by atoms with E-state index in [2.05, 4.69) is 31.0 Å². The van der Waals surface area contributed by atoms with Crippen molar-refractivity contribution in [2.75, 3.05) is 13.7 Å². The quantitative estimate of drug-likeness (QED) is 0.176. The van der Waals surface area contributed by atoms with Crippen LogP contribution in [0.4, 0.5) is 0 Å². The summed E-state index contributed by atoms with van der Waals surface area (Å²) in [6, 6.07) is 32.9. The molecule has 1 aliphatic heterocycles. The van der Waals surface area contributed by atoms with Crippen molar-refractivity contribution in [1.82, 2.24) is 9.55 Å². The average molecular weight is 654 g/mol. The summed E-state index contributed by atoms with van der Waals surface area (Å²) in [6.45, 7) is 6.25. The molecule has 1 N–H and O–H groups in total. The van der Waals surface area contributed by atoms with Crippen LogP contribution in [0.1, 0.15) is 55.0 Å². The van der Waals surface area contributed by atoms with Gasteiger partial charge < -0.3 is 14.5 Å². The van der Waals surface area contributed by atoms with Crippen LogP contribution in [0, 0.1) is 0 Å². The Hall–Kier alpha value is -5.47. The third-order valence-electron chi connectivity index (χ3n) is 8.68. The molecule has 0 fully saturated rings. The lowest BCUT2D eigenvalue weighted by atomic mass is 9.91. The van der Waals surface area contributed by atoms with E-state index < -0.39 is 12.0 Å². The third kappa shape index (κ3) is 5.58. The van der Waals surface area contributed by atoms with Crippen LogP contribution in [0.3, 0.4) is 0 Å². The Morgan fingerprint density at radius 1 is 0.958 bits per heavy atom. The number of esters is 1. The van der Waals surface area contributed by atoms with E-state index in [1.54, 1.807) is 18.6 Å². The van der Waals surface area contributed by atoms with Gasteiger partial charge in [-0.1, -0.05) is 110 Å². The van der Waals surface area contributed by atoms with Crippen molar-refractivity contribution in [3.63, 3.8) is 0 Å². The predicted octanol–water partition coefficient (Wildman–Crippen LogP) is 7.22. The van der Waals surface area contributed by atoms with Crippen molar-refractivity contribution >= 4 is 40.0 Å². The molecule has 0 radical (unpaired) electrons. The summed E-state index contributed by atoms with van der Waals surface area (Å²) in [5, 5.41) is 0.928. The molecule has 240 valence electrons. The van der Waals surface area contributed by atoms with Crippen molar-refractivity contribution < 1.29 is 14.3 Å². The topological polar surface area (TPSA) is 85.7 Å². The number of hydrogen-bond donors (Lipinski definition) is 1. The number of hydrogen-bond acceptors (Lipinski definition) is 6. The molecule has 0 bridgehead atoms. The lowest BCUT2D eigenvalue weighted by molar-refractivity contribution is -0.138. The summed E-state index contributed by atoms with van der Waals surface area (Å²) in [5.41, 5.74) is 7.02. The third-order valence-corrected chi connectivity index (χ3v) is 9.66. The molecule has 8 heteroatoms. The van der Waals surface area contributed by atoms with Crippen molar-refractivity contribution in [3.8, 4) is 17.0 Å². The van der Waals surface area contributed by atoms with Gasteiger partial charge in [0, 0.05) is 22.0 Å². The summed E-state index contributed by atoms with van der Waals surface area (Å²) >= 11 is 1.31. The molecule has 4 aromatic carbocycles. The van der Waals surface area contributed by atoms with Gasteiger partial charge in [0.1, 0.15) is 5.75 Å². The molecule has 0 aliphatic carbocycles. The lowest BCUT2D eigenvalue weighted by Crippen LogP contribution is -2.40. The number of H-pyrrole nitrogens is 1. The first kappa shape index (κ1) is 31.1. The minimum absolute atomic E-state index is 0.195. The zero-order valence-electron chi connectivity index (χ0n) is 27.2. The number of benzene rings is 4. The molecular formula is C40H35N3O4S. The van der Waals surface area contributed by atoms with Gasteiger partial charge in [0.05, 0.1) is 41.3 Å². The molecule has 2 aromatic heterocycles. The molecule has 0 saturated carbocycles. The van der Waals surface area contributed by atoms with E-state index in [0.717, 1.165) is 38.9 Å². The smallest absolute Gasteiger partial charge is 0.338 e. The molecule has 1 atom stereocenters. The number of methoxy groups -OCH3 is 1. The Balaban J connectivity index is 1.53. The number of fused-ring (bicyclic) bond motifs is 2.